The summed E-state index contributed by atoms with van der Waals surface area (Å²) in [6.07, 6.45) is 3.70. The Labute approximate surface area is 111 Å². The van der Waals surface area contributed by atoms with Gasteiger partial charge >= 0.3 is 5.76 Å². The Morgan fingerprint density at radius 1 is 1.53 bits per heavy atom. The number of nitrogen functional groups attached to an aromatic ring is 1. The zero-order valence-electron chi connectivity index (χ0n) is 11.1. The normalized spacial score (nSPS) is 19.4. The van der Waals surface area contributed by atoms with Crippen LogP contribution in [0.1, 0.15) is 26.2 Å². The molecule has 0 bridgehead atoms. The van der Waals surface area contributed by atoms with E-state index >= 15 is 0 Å². The Bertz CT molecular complexity index is 644. The minimum atomic E-state index is -0.433. The highest BCUT2D eigenvalue weighted by molar-refractivity contribution is 5.85. The smallest absolute Gasteiger partial charge is 0.408 e. The lowest BCUT2D eigenvalue weighted by atomic mass is 10.0. The molecule has 0 radical (unpaired) electrons. The molecule has 1 aromatic heterocycles. The number of hydrogen-bond acceptors (Lipinski definition) is 4. The molecule has 1 aliphatic rings. The van der Waals surface area contributed by atoms with E-state index in [0.29, 0.717) is 16.8 Å². The molecule has 1 fully saturated rings. The average molecular weight is 261 g/mol. The third-order valence-corrected chi connectivity index (χ3v) is 3.89. The number of oxazole rings is 1. The SMILES string of the molecule is CCCC1CCN(c2cc3[nH]c(=O)oc3cc2N)C1. The lowest BCUT2D eigenvalue weighted by molar-refractivity contribution is 0.530. The fraction of sp³-hybridized carbons (Fsp3) is 0.500. The number of nitrogens with two attached hydrogens (primary N) is 1. The number of aromatic amines is 1. The number of H-pyrrole nitrogens is 1. The molecule has 102 valence electrons. The van der Waals surface area contributed by atoms with Gasteiger partial charge in [0.25, 0.3) is 0 Å². The molecule has 5 heteroatoms. The molecule has 0 aliphatic carbocycles. The van der Waals surface area contributed by atoms with Crippen molar-refractivity contribution in [2.24, 2.45) is 5.92 Å². The van der Waals surface area contributed by atoms with E-state index in [1.165, 1.54) is 19.3 Å². The van der Waals surface area contributed by atoms with Crippen LogP contribution >= 0.6 is 0 Å². The molecule has 1 unspecified atom stereocenters. The van der Waals surface area contributed by atoms with Crippen molar-refractivity contribution in [3.63, 3.8) is 0 Å². The first-order valence-corrected chi connectivity index (χ1v) is 6.84. The highest BCUT2D eigenvalue weighted by Crippen LogP contribution is 2.32. The number of anilines is 2. The Morgan fingerprint density at radius 3 is 3.16 bits per heavy atom. The lowest BCUT2D eigenvalue weighted by Gasteiger charge is -2.20. The second-order valence-electron chi connectivity index (χ2n) is 5.31. The van der Waals surface area contributed by atoms with Crippen molar-refractivity contribution in [2.75, 3.05) is 23.7 Å². The molecule has 0 amide bonds. The highest BCUT2D eigenvalue weighted by atomic mass is 16.4. The number of aromatic nitrogens is 1. The van der Waals surface area contributed by atoms with Crippen LogP contribution in [-0.4, -0.2) is 18.1 Å². The van der Waals surface area contributed by atoms with Crippen molar-refractivity contribution in [1.29, 1.82) is 0 Å². The van der Waals surface area contributed by atoms with Gasteiger partial charge in [-0.2, -0.15) is 0 Å². The summed E-state index contributed by atoms with van der Waals surface area (Å²) in [4.78, 5) is 16.2. The van der Waals surface area contributed by atoms with Crippen LogP contribution in [0, 0.1) is 5.92 Å². The van der Waals surface area contributed by atoms with E-state index in [0.717, 1.165) is 24.7 Å². The van der Waals surface area contributed by atoms with Gasteiger partial charge in [-0.25, -0.2) is 4.79 Å². The molecule has 1 saturated heterocycles. The molecule has 2 heterocycles. The molecule has 1 atom stereocenters. The first kappa shape index (κ1) is 12.1. The first-order chi connectivity index (χ1) is 9.17. The minimum Gasteiger partial charge on any atom is -0.408 e. The largest absolute Gasteiger partial charge is 0.417 e. The summed E-state index contributed by atoms with van der Waals surface area (Å²) in [7, 11) is 0. The van der Waals surface area contributed by atoms with Gasteiger partial charge in [0.2, 0.25) is 0 Å². The van der Waals surface area contributed by atoms with Gasteiger partial charge in [-0.3, -0.25) is 4.98 Å². The highest BCUT2D eigenvalue weighted by Gasteiger charge is 2.23. The van der Waals surface area contributed by atoms with E-state index < -0.39 is 5.76 Å². The van der Waals surface area contributed by atoms with Gasteiger partial charge in [-0.1, -0.05) is 13.3 Å². The number of fused-ring (bicyclic) bond motifs is 1. The summed E-state index contributed by atoms with van der Waals surface area (Å²) in [5.41, 5.74) is 8.99. The van der Waals surface area contributed by atoms with Crippen LogP contribution in [0.3, 0.4) is 0 Å². The van der Waals surface area contributed by atoms with Crippen LogP contribution in [-0.2, 0) is 0 Å². The van der Waals surface area contributed by atoms with Crippen LogP contribution in [0.2, 0.25) is 0 Å². The molecule has 1 aliphatic heterocycles. The number of benzene rings is 1. The standard InChI is InChI=1S/C14H19N3O2/c1-2-3-9-4-5-17(8-9)12-7-11-13(6-10(12)15)19-14(18)16-11/h6-7,9H,2-5,8,15H2,1H3,(H,16,18). The Morgan fingerprint density at radius 2 is 2.37 bits per heavy atom. The van der Waals surface area contributed by atoms with Gasteiger partial charge in [-0.05, 0) is 24.8 Å². The van der Waals surface area contributed by atoms with Crippen LogP contribution in [0.4, 0.5) is 11.4 Å². The number of rotatable bonds is 3. The van der Waals surface area contributed by atoms with Crippen molar-refractivity contribution in [1.82, 2.24) is 4.98 Å². The molecule has 3 N–H and O–H groups in total. The molecule has 0 spiro atoms. The third-order valence-electron chi connectivity index (χ3n) is 3.89. The molecular formula is C14H19N3O2. The van der Waals surface area contributed by atoms with Gasteiger partial charge in [0.1, 0.15) is 0 Å². The van der Waals surface area contributed by atoms with Crippen LogP contribution in [0.25, 0.3) is 11.1 Å². The summed E-state index contributed by atoms with van der Waals surface area (Å²) < 4.78 is 5.02. The Kier molecular flexibility index (Phi) is 2.97. The second-order valence-corrected chi connectivity index (χ2v) is 5.31. The van der Waals surface area contributed by atoms with E-state index in [1.54, 1.807) is 6.07 Å². The van der Waals surface area contributed by atoms with Gasteiger partial charge in [0.15, 0.2) is 5.58 Å². The van der Waals surface area contributed by atoms with E-state index in [4.69, 9.17) is 10.2 Å². The monoisotopic (exact) mass is 261 g/mol. The summed E-state index contributed by atoms with van der Waals surface area (Å²) in [6, 6.07) is 3.65. The predicted octanol–water partition coefficient (Wildman–Crippen LogP) is 2.33. The van der Waals surface area contributed by atoms with Crippen LogP contribution < -0.4 is 16.4 Å². The van der Waals surface area contributed by atoms with E-state index in [1.807, 2.05) is 6.07 Å². The van der Waals surface area contributed by atoms with Gasteiger partial charge < -0.3 is 15.1 Å². The zero-order valence-corrected chi connectivity index (χ0v) is 11.1. The van der Waals surface area contributed by atoms with Gasteiger partial charge in [-0.15, -0.1) is 0 Å². The molecular weight excluding hydrogens is 242 g/mol. The van der Waals surface area contributed by atoms with Crippen molar-refractivity contribution in [3.8, 4) is 0 Å². The number of nitrogens with one attached hydrogen (secondary N) is 1. The minimum absolute atomic E-state index is 0.433. The fourth-order valence-electron chi connectivity index (χ4n) is 2.97. The van der Waals surface area contributed by atoms with Crippen molar-refractivity contribution in [3.05, 3.63) is 22.7 Å². The molecule has 3 rings (SSSR count). The van der Waals surface area contributed by atoms with Gasteiger partial charge in [0.05, 0.1) is 16.9 Å². The van der Waals surface area contributed by atoms with Gasteiger partial charge in [0, 0.05) is 19.2 Å². The number of hydrogen-bond donors (Lipinski definition) is 2. The maximum atomic E-state index is 11.2. The summed E-state index contributed by atoms with van der Waals surface area (Å²) in [5.74, 6) is 0.320. The number of nitrogens with zero attached hydrogens (tertiary/aromatic N) is 1. The quantitative estimate of drug-likeness (QED) is 0.831. The zero-order chi connectivity index (χ0) is 13.4. The molecule has 0 saturated carbocycles. The first-order valence-electron chi connectivity index (χ1n) is 6.84. The topological polar surface area (TPSA) is 75.3 Å². The summed E-state index contributed by atoms with van der Waals surface area (Å²) >= 11 is 0. The second kappa shape index (κ2) is 4.64. The molecule has 19 heavy (non-hydrogen) atoms. The lowest BCUT2D eigenvalue weighted by Crippen LogP contribution is -2.20. The molecule has 2 aromatic rings. The van der Waals surface area contributed by atoms with Crippen LogP contribution in [0.15, 0.2) is 21.3 Å². The maximum Gasteiger partial charge on any atom is 0.417 e. The fourth-order valence-corrected chi connectivity index (χ4v) is 2.97. The summed E-state index contributed by atoms with van der Waals surface area (Å²) in [5, 5.41) is 0. The van der Waals surface area contributed by atoms with Crippen molar-refractivity contribution >= 4 is 22.5 Å². The Hall–Kier alpha value is -1.91. The predicted molar refractivity (Wildman–Crippen MR) is 76.5 cm³/mol. The molecule has 5 nitrogen and oxygen atoms in total. The van der Waals surface area contributed by atoms with E-state index in [2.05, 4.69) is 16.8 Å². The summed E-state index contributed by atoms with van der Waals surface area (Å²) in [6.45, 7) is 4.30. The average Bonchev–Trinajstić information content (AvgIpc) is 2.94. The van der Waals surface area contributed by atoms with E-state index in [9.17, 15) is 4.79 Å². The maximum absolute atomic E-state index is 11.2. The van der Waals surface area contributed by atoms with Crippen LogP contribution in [0.5, 0.6) is 0 Å². The molecule has 1 aromatic carbocycles. The third kappa shape index (κ3) is 2.20. The van der Waals surface area contributed by atoms with Crippen molar-refractivity contribution < 1.29 is 4.42 Å². The van der Waals surface area contributed by atoms with E-state index in [-0.39, 0.29) is 0 Å². The Balaban J connectivity index is 1.92. The van der Waals surface area contributed by atoms with Crippen molar-refractivity contribution in [2.45, 2.75) is 26.2 Å².